The zero-order chi connectivity index (χ0) is 46.6. The van der Waals surface area contributed by atoms with Crippen LogP contribution in [0.15, 0.2) is 230 Å². The highest BCUT2D eigenvalue weighted by molar-refractivity contribution is 6.10. The molecule has 286 valence electrons. The van der Waals surface area contributed by atoms with Gasteiger partial charge in [-0.05, 0) is 104 Å². The first-order valence-electron chi connectivity index (χ1n) is 23.5. The molecule has 61 heavy (non-hydrogen) atoms. The van der Waals surface area contributed by atoms with E-state index in [2.05, 4.69) is 12.1 Å². The Morgan fingerprint density at radius 3 is 1.10 bits per heavy atom. The second-order valence-electron chi connectivity index (χ2n) is 14.7. The number of para-hydroxylation sites is 1. The molecule has 0 N–H and O–H groups in total. The molecule has 11 rings (SSSR count). The van der Waals surface area contributed by atoms with Crippen LogP contribution < -0.4 is 0 Å². The molecule has 0 radical (unpaired) electrons. The SMILES string of the molecule is [2H]c1c([2H])c([2H])c2c(c1[2H])c1c([2H])c([2H])c(-c3ccccc3)c([2H])c1n2-c1nc(-c2cc(-c3ccccc3)cc(-c3ccccc3)c2)nc(-c2cc(-c3ccccc3)cc(-c3ccccc3)c2)n1. The number of aromatic nitrogens is 4. The standard InChI is InChI=1S/C57H38N4/c1-6-18-39(19-7-1)44-30-31-52-51-28-16-17-29-53(51)61(54(52)38-44)57-59-55(49-34-45(40-20-8-2-9-21-40)32-46(35-49)41-22-10-3-11-23-41)58-56(60-57)50-36-47(42-24-12-4-13-25-42)33-48(37-50)43-26-14-5-15-27-43/h1-38H/i16D,17D,28D,29D,30D,31D,38D. The van der Waals surface area contributed by atoms with Gasteiger partial charge in [0.25, 0.3) is 0 Å². The maximum absolute atomic E-state index is 9.90. The van der Waals surface area contributed by atoms with Crippen LogP contribution >= 0.6 is 0 Å². The Kier molecular flexibility index (Phi) is 7.39. The van der Waals surface area contributed by atoms with E-state index < -0.39 is 24.2 Å². The van der Waals surface area contributed by atoms with E-state index in [1.165, 1.54) is 4.57 Å². The van der Waals surface area contributed by atoms with E-state index >= 15 is 0 Å². The van der Waals surface area contributed by atoms with E-state index in [1.54, 1.807) is 24.3 Å². The first kappa shape index (κ1) is 29.1. The highest BCUT2D eigenvalue weighted by atomic mass is 15.2. The van der Waals surface area contributed by atoms with Gasteiger partial charge in [0.05, 0.1) is 20.6 Å². The number of benzene rings is 9. The van der Waals surface area contributed by atoms with E-state index in [9.17, 15) is 6.85 Å². The van der Waals surface area contributed by atoms with Gasteiger partial charge in [0.1, 0.15) is 0 Å². The molecule has 0 saturated carbocycles. The van der Waals surface area contributed by atoms with Crippen molar-refractivity contribution >= 4 is 21.8 Å². The predicted molar refractivity (Wildman–Crippen MR) is 252 cm³/mol. The minimum absolute atomic E-state index is 0.00370. The number of rotatable bonds is 8. The molecule has 11 aromatic rings. The van der Waals surface area contributed by atoms with E-state index in [0.29, 0.717) is 16.7 Å². The molecule has 2 aromatic heterocycles. The predicted octanol–water partition coefficient (Wildman–Crippen LogP) is 14.6. The second kappa shape index (κ2) is 15.5. The quantitative estimate of drug-likeness (QED) is 0.154. The molecule has 0 aliphatic rings. The van der Waals surface area contributed by atoms with Crippen LogP contribution in [0, 0.1) is 0 Å². The normalized spacial score (nSPS) is 12.9. The van der Waals surface area contributed by atoms with Crippen LogP contribution in [0.5, 0.6) is 0 Å². The first-order chi connectivity index (χ1) is 33.1. The average molecular weight is 786 g/mol. The van der Waals surface area contributed by atoms with Crippen molar-refractivity contribution in [2.75, 3.05) is 0 Å². The van der Waals surface area contributed by atoms with Crippen molar-refractivity contribution in [2.24, 2.45) is 0 Å². The van der Waals surface area contributed by atoms with Crippen LogP contribution in [-0.4, -0.2) is 19.5 Å². The summed E-state index contributed by atoms with van der Waals surface area (Å²) in [5, 5.41) is 0.0241. The molecule has 0 aliphatic heterocycles. The molecule has 0 atom stereocenters. The fourth-order valence-corrected chi connectivity index (χ4v) is 7.89. The van der Waals surface area contributed by atoms with Crippen molar-refractivity contribution < 1.29 is 9.60 Å². The van der Waals surface area contributed by atoms with Crippen molar-refractivity contribution in [2.45, 2.75) is 0 Å². The summed E-state index contributed by atoms with van der Waals surface area (Å²) in [6.07, 6.45) is 0. The Bertz CT molecular complexity index is 3480. The van der Waals surface area contributed by atoms with Crippen LogP contribution in [0.25, 0.3) is 106 Å². The minimum Gasteiger partial charge on any atom is -0.278 e. The lowest BCUT2D eigenvalue weighted by molar-refractivity contribution is 0.953. The van der Waals surface area contributed by atoms with Crippen LogP contribution in [0.4, 0.5) is 0 Å². The molecule has 0 amide bonds. The van der Waals surface area contributed by atoms with Gasteiger partial charge in [0.2, 0.25) is 5.95 Å². The van der Waals surface area contributed by atoms with Gasteiger partial charge in [0, 0.05) is 21.9 Å². The lowest BCUT2D eigenvalue weighted by Gasteiger charge is -2.15. The van der Waals surface area contributed by atoms with Gasteiger partial charge in [0.15, 0.2) is 11.6 Å². The Morgan fingerprint density at radius 1 is 0.311 bits per heavy atom. The second-order valence-corrected chi connectivity index (χ2v) is 14.7. The highest BCUT2D eigenvalue weighted by Gasteiger charge is 2.20. The lowest BCUT2D eigenvalue weighted by Crippen LogP contribution is -2.07. The summed E-state index contributed by atoms with van der Waals surface area (Å²) in [6, 6.07) is 59.0. The first-order valence-corrected chi connectivity index (χ1v) is 20.0. The Labute approximate surface area is 364 Å². The maximum atomic E-state index is 9.90. The van der Waals surface area contributed by atoms with Crippen molar-refractivity contribution in [3.63, 3.8) is 0 Å². The van der Waals surface area contributed by atoms with E-state index in [-0.39, 0.29) is 63.1 Å². The topological polar surface area (TPSA) is 43.6 Å². The zero-order valence-electron chi connectivity index (χ0n) is 39.7. The van der Waals surface area contributed by atoms with Gasteiger partial charge in [-0.25, -0.2) is 4.98 Å². The Balaban J connectivity index is 1.29. The van der Waals surface area contributed by atoms with Gasteiger partial charge >= 0.3 is 0 Å². The molecular formula is C57H38N4. The fraction of sp³-hybridized carbons (Fsp3) is 0. The molecule has 0 spiro atoms. The van der Waals surface area contributed by atoms with Crippen LogP contribution in [0.3, 0.4) is 0 Å². The summed E-state index contributed by atoms with van der Waals surface area (Å²) in [4.78, 5) is 15.7. The summed E-state index contributed by atoms with van der Waals surface area (Å²) < 4.78 is 66.5. The summed E-state index contributed by atoms with van der Waals surface area (Å²) in [5.74, 6) is 0.498. The monoisotopic (exact) mass is 785 g/mol. The van der Waals surface area contributed by atoms with Crippen LogP contribution in [0.1, 0.15) is 9.60 Å². The summed E-state index contributed by atoms with van der Waals surface area (Å²) in [6.45, 7) is 0. The third-order valence-corrected chi connectivity index (χ3v) is 10.9. The third kappa shape index (κ3) is 6.96. The van der Waals surface area contributed by atoms with Crippen LogP contribution in [0.2, 0.25) is 0 Å². The van der Waals surface area contributed by atoms with E-state index in [1.807, 2.05) is 152 Å². The highest BCUT2D eigenvalue weighted by Crippen LogP contribution is 2.38. The van der Waals surface area contributed by atoms with Crippen molar-refractivity contribution in [3.8, 4) is 84.4 Å². The Morgan fingerprint density at radius 2 is 0.672 bits per heavy atom. The molecule has 0 fully saturated rings. The van der Waals surface area contributed by atoms with Crippen molar-refractivity contribution in [3.05, 3.63) is 230 Å². The third-order valence-electron chi connectivity index (χ3n) is 10.9. The lowest BCUT2D eigenvalue weighted by atomic mass is 9.95. The molecule has 0 saturated heterocycles. The van der Waals surface area contributed by atoms with Gasteiger partial charge in [-0.1, -0.05) is 182 Å². The molecule has 0 aliphatic carbocycles. The number of hydrogen-bond acceptors (Lipinski definition) is 3. The molecule has 0 unspecified atom stereocenters. The van der Waals surface area contributed by atoms with Gasteiger partial charge in [-0.3, -0.25) is 4.57 Å². The fourth-order valence-electron chi connectivity index (χ4n) is 7.89. The average Bonchev–Trinajstić information content (AvgIpc) is 3.77. The summed E-state index contributed by atoms with van der Waals surface area (Å²) >= 11 is 0. The van der Waals surface area contributed by atoms with Gasteiger partial charge < -0.3 is 0 Å². The van der Waals surface area contributed by atoms with Crippen molar-refractivity contribution in [1.29, 1.82) is 0 Å². The molecule has 4 nitrogen and oxygen atoms in total. The van der Waals surface area contributed by atoms with Crippen LogP contribution in [-0.2, 0) is 0 Å². The largest absolute Gasteiger partial charge is 0.278 e. The number of hydrogen-bond donors (Lipinski definition) is 0. The minimum atomic E-state index is -0.500. The van der Waals surface area contributed by atoms with Crippen molar-refractivity contribution in [1.82, 2.24) is 19.5 Å². The molecular weight excluding hydrogens is 741 g/mol. The molecule has 0 bridgehead atoms. The number of nitrogens with zero attached hydrogens (tertiary/aromatic N) is 4. The summed E-state index contributed by atoms with van der Waals surface area (Å²) in [5.41, 5.74) is 9.60. The molecule has 2 heterocycles. The Hall–Kier alpha value is -8.21. The number of fused-ring (bicyclic) bond motifs is 3. The maximum Gasteiger partial charge on any atom is 0.238 e. The summed E-state index contributed by atoms with van der Waals surface area (Å²) in [7, 11) is 0. The molecule has 4 heteroatoms. The van der Waals surface area contributed by atoms with Gasteiger partial charge in [-0.2, -0.15) is 9.97 Å². The van der Waals surface area contributed by atoms with E-state index in [0.717, 1.165) is 44.5 Å². The molecule has 9 aromatic carbocycles. The smallest absolute Gasteiger partial charge is 0.238 e. The van der Waals surface area contributed by atoms with E-state index in [4.69, 9.17) is 17.7 Å². The van der Waals surface area contributed by atoms with Gasteiger partial charge in [-0.15, -0.1) is 0 Å². The zero-order valence-corrected chi connectivity index (χ0v) is 32.7.